The largest absolute Gasteiger partial charge is 0.380 e. The molecule has 0 bridgehead atoms. The van der Waals surface area contributed by atoms with Crippen LogP contribution in [-0.2, 0) is 24.4 Å². The molecular formula is C23H29N5O. The van der Waals surface area contributed by atoms with Gasteiger partial charge in [-0.2, -0.15) is 5.10 Å². The summed E-state index contributed by atoms with van der Waals surface area (Å²) in [5.41, 5.74) is 6.73. The fourth-order valence-electron chi connectivity index (χ4n) is 3.34. The molecule has 6 nitrogen and oxygen atoms in total. The Bertz CT molecular complexity index is 977. The minimum absolute atomic E-state index is 0.597. The third kappa shape index (κ3) is 5.23. The van der Waals surface area contributed by atoms with E-state index in [1.807, 2.05) is 35.9 Å². The lowest BCUT2D eigenvalue weighted by atomic mass is 10.1. The number of ether oxygens (including phenoxy) is 1. The van der Waals surface area contributed by atoms with Crippen molar-refractivity contribution in [3.05, 3.63) is 82.7 Å². The van der Waals surface area contributed by atoms with Crippen molar-refractivity contribution in [2.45, 2.75) is 33.5 Å². The number of aryl methyl sites for hydroxylation is 2. The fraction of sp³-hybridized carbons (Fsp3) is 0.304. The van der Waals surface area contributed by atoms with Gasteiger partial charge in [-0.25, -0.2) is 4.68 Å². The molecule has 3 rings (SSSR count). The number of guanidine groups is 1. The van der Waals surface area contributed by atoms with E-state index in [1.165, 1.54) is 11.1 Å². The molecule has 0 aliphatic carbocycles. The Morgan fingerprint density at radius 1 is 0.966 bits per heavy atom. The average molecular weight is 392 g/mol. The van der Waals surface area contributed by atoms with E-state index in [-0.39, 0.29) is 0 Å². The highest BCUT2D eigenvalue weighted by molar-refractivity contribution is 5.79. The van der Waals surface area contributed by atoms with Crippen molar-refractivity contribution in [3.63, 3.8) is 0 Å². The fourth-order valence-corrected chi connectivity index (χ4v) is 3.34. The molecule has 6 heteroatoms. The Labute approximate surface area is 172 Å². The quantitative estimate of drug-likeness (QED) is 0.478. The van der Waals surface area contributed by atoms with Crippen LogP contribution in [0.3, 0.4) is 0 Å². The predicted molar refractivity (Wildman–Crippen MR) is 117 cm³/mol. The Hall–Kier alpha value is -3.12. The molecule has 1 aromatic heterocycles. The van der Waals surface area contributed by atoms with Crippen molar-refractivity contribution in [3.8, 4) is 5.69 Å². The molecule has 0 saturated heterocycles. The van der Waals surface area contributed by atoms with Gasteiger partial charge < -0.3 is 15.4 Å². The number of aliphatic imine (C=N–C) groups is 1. The summed E-state index contributed by atoms with van der Waals surface area (Å²) in [5.74, 6) is 0.750. The molecule has 0 aliphatic heterocycles. The van der Waals surface area contributed by atoms with E-state index in [0.29, 0.717) is 19.7 Å². The summed E-state index contributed by atoms with van der Waals surface area (Å²) < 4.78 is 7.28. The molecule has 2 aromatic carbocycles. The zero-order valence-electron chi connectivity index (χ0n) is 17.6. The van der Waals surface area contributed by atoms with Gasteiger partial charge in [0.05, 0.1) is 18.0 Å². The van der Waals surface area contributed by atoms with Gasteiger partial charge >= 0.3 is 0 Å². The first-order valence-corrected chi connectivity index (χ1v) is 9.74. The zero-order chi connectivity index (χ0) is 20.6. The third-order valence-electron chi connectivity index (χ3n) is 4.76. The third-order valence-corrected chi connectivity index (χ3v) is 4.76. The van der Waals surface area contributed by atoms with Gasteiger partial charge in [0.25, 0.3) is 0 Å². The van der Waals surface area contributed by atoms with E-state index in [4.69, 9.17) is 4.74 Å². The van der Waals surface area contributed by atoms with Crippen molar-refractivity contribution < 1.29 is 4.74 Å². The lowest BCUT2D eigenvalue weighted by Crippen LogP contribution is -2.36. The maximum absolute atomic E-state index is 5.29. The topological polar surface area (TPSA) is 63.5 Å². The molecule has 0 unspecified atom stereocenters. The van der Waals surface area contributed by atoms with Crippen molar-refractivity contribution in [2.75, 3.05) is 14.2 Å². The average Bonchev–Trinajstić information content (AvgIpc) is 3.07. The number of methoxy groups -OCH3 is 1. The summed E-state index contributed by atoms with van der Waals surface area (Å²) in [6.07, 6.45) is 0. The van der Waals surface area contributed by atoms with Crippen LogP contribution in [0.4, 0.5) is 0 Å². The van der Waals surface area contributed by atoms with Gasteiger partial charge in [0.1, 0.15) is 0 Å². The van der Waals surface area contributed by atoms with Crippen LogP contribution in [0, 0.1) is 13.8 Å². The summed E-state index contributed by atoms with van der Waals surface area (Å²) in [6.45, 7) is 6.01. The van der Waals surface area contributed by atoms with Crippen molar-refractivity contribution in [1.29, 1.82) is 0 Å². The molecule has 0 amide bonds. The second kappa shape index (κ2) is 9.89. The number of hydrogen-bond acceptors (Lipinski definition) is 3. The second-order valence-corrected chi connectivity index (χ2v) is 6.95. The zero-order valence-corrected chi connectivity index (χ0v) is 17.6. The van der Waals surface area contributed by atoms with Gasteiger partial charge in [-0.15, -0.1) is 0 Å². The Balaban J connectivity index is 1.67. The van der Waals surface area contributed by atoms with Crippen LogP contribution >= 0.6 is 0 Å². The standard InChI is InChI=1S/C23H29N5O/c1-17-13-18(2)28(27-17)22-12-8-7-10-20(22)15-26-23(24-3)25-14-19-9-5-6-11-21(19)16-29-4/h5-13H,14-16H2,1-4H3,(H2,24,25,26). The molecular weight excluding hydrogens is 362 g/mol. The van der Waals surface area contributed by atoms with Crippen molar-refractivity contribution in [2.24, 2.45) is 4.99 Å². The van der Waals surface area contributed by atoms with E-state index in [0.717, 1.165) is 28.6 Å². The number of aromatic nitrogens is 2. The Morgan fingerprint density at radius 3 is 2.21 bits per heavy atom. The minimum Gasteiger partial charge on any atom is -0.380 e. The maximum Gasteiger partial charge on any atom is 0.191 e. The van der Waals surface area contributed by atoms with E-state index in [1.54, 1.807) is 14.2 Å². The number of hydrogen-bond donors (Lipinski definition) is 2. The SMILES string of the molecule is CN=C(NCc1ccccc1COC)NCc1ccccc1-n1nc(C)cc1C. The smallest absolute Gasteiger partial charge is 0.191 e. The molecule has 1 heterocycles. The molecule has 0 radical (unpaired) electrons. The molecule has 0 spiro atoms. The number of nitrogens with zero attached hydrogens (tertiary/aromatic N) is 3. The van der Waals surface area contributed by atoms with Crippen LogP contribution in [0.5, 0.6) is 0 Å². The number of rotatable bonds is 7. The van der Waals surface area contributed by atoms with Crippen molar-refractivity contribution >= 4 is 5.96 Å². The van der Waals surface area contributed by atoms with Crippen molar-refractivity contribution in [1.82, 2.24) is 20.4 Å². The van der Waals surface area contributed by atoms with Gasteiger partial charge in [0.15, 0.2) is 5.96 Å². The summed E-state index contributed by atoms with van der Waals surface area (Å²) in [7, 11) is 3.49. The van der Waals surface area contributed by atoms with Crippen LogP contribution in [-0.4, -0.2) is 29.9 Å². The normalized spacial score (nSPS) is 11.5. The van der Waals surface area contributed by atoms with E-state index >= 15 is 0 Å². The van der Waals surface area contributed by atoms with Crippen LogP contribution in [0.25, 0.3) is 5.69 Å². The summed E-state index contributed by atoms with van der Waals surface area (Å²) in [4.78, 5) is 4.36. The van der Waals surface area contributed by atoms with Crippen LogP contribution in [0.15, 0.2) is 59.6 Å². The molecule has 0 aliphatic rings. The van der Waals surface area contributed by atoms with Gasteiger partial charge in [0.2, 0.25) is 0 Å². The molecule has 0 fully saturated rings. The predicted octanol–water partition coefficient (Wildman–Crippen LogP) is 3.50. The molecule has 2 N–H and O–H groups in total. The first-order chi connectivity index (χ1) is 14.1. The first kappa shape index (κ1) is 20.6. The first-order valence-electron chi connectivity index (χ1n) is 9.74. The Morgan fingerprint density at radius 2 is 1.59 bits per heavy atom. The summed E-state index contributed by atoms with van der Waals surface area (Å²) >= 11 is 0. The van der Waals surface area contributed by atoms with E-state index in [9.17, 15) is 0 Å². The van der Waals surface area contributed by atoms with Crippen LogP contribution in [0.1, 0.15) is 28.1 Å². The second-order valence-electron chi connectivity index (χ2n) is 6.95. The van der Waals surface area contributed by atoms with E-state index < -0.39 is 0 Å². The van der Waals surface area contributed by atoms with Gasteiger partial charge in [0, 0.05) is 32.9 Å². The highest BCUT2D eigenvalue weighted by atomic mass is 16.5. The minimum atomic E-state index is 0.597. The lowest BCUT2D eigenvalue weighted by molar-refractivity contribution is 0.184. The summed E-state index contributed by atoms with van der Waals surface area (Å²) in [6, 6.07) is 18.6. The number of benzene rings is 2. The molecule has 3 aromatic rings. The maximum atomic E-state index is 5.29. The lowest BCUT2D eigenvalue weighted by Gasteiger charge is -2.16. The Kier molecular flexibility index (Phi) is 7.03. The molecule has 0 saturated carbocycles. The molecule has 29 heavy (non-hydrogen) atoms. The molecule has 152 valence electrons. The van der Waals surface area contributed by atoms with Gasteiger partial charge in [-0.05, 0) is 42.7 Å². The number of para-hydroxylation sites is 1. The van der Waals surface area contributed by atoms with Crippen LogP contribution in [0.2, 0.25) is 0 Å². The molecule has 0 atom stereocenters. The van der Waals surface area contributed by atoms with E-state index in [2.05, 4.69) is 58.0 Å². The summed E-state index contributed by atoms with van der Waals surface area (Å²) in [5, 5.41) is 11.4. The van der Waals surface area contributed by atoms with Gasteiger partial charge in [-0.3, -0.25) is 4.99 Å². The highest BCUT2D eigenvalue weighted by Crippen LogP contribution is 2.17. The van der Waals surface area contributed by atoms with Crippen LogP contribution < -0.4 is 10.6 Å². The monoisotopic (exact) mass is 391 g/mol. The van der Waals surface area contributed by atoms with Gasteiger partial charge in [-0.1, -0.05) is 42.5 Å². The number of nitrogens with one attached hydrogen (secondary N) is 2. The highest BCUT2D eigenvalue weighted by Gasteiger charge is 2.09.